The van der Waals surface area contributed by atoms with Gasteiger partial charge in [-0.05, 0) is 0 Å². The average molecular weight is 342 g/mol. The molecular formula is C12H27ClOSn. The Morgan fingerprint density at radius 1 is 0.867 bits per heavy atom. The Hall–Kier alpha value is 1.05. The van der Waals surface area contributed by atoms with Gasteiger partial charge < -0.3 is 12.4 Å². The van der Waals surface area contributed by atoms with Crippen molar-refractivity contribution < 1.29 is 17.1 Å². The van der Waals surface area contributed by atoms with Crippen LogP contribution in [0.5, 0.6) is 0 Å². The van der Waals surface area contributed by atoms with E-state index in [1.54, 1.807) is 8.87 Å². The molecule has 0 amide bonds. The first-order chi connectivity index (χ1) is 6.85. The van der Waals surface area contributed by atoms with Crippen LogP contribution < -0.4 is 12.4 Å². The summed E-state index contributed by atoms with van der Waals surface area (Å²) in [5, 5.41) is 0. The second kappa shape index (κ2) is 15.0. The number of hydrogen-bond acceptors (Lipinski definition) is 1. The molecule has 0 aliphatic rings. The summed E-state index contributed by atoms with van der Waals surface area (Å²) in [6.45, 7) is 8.67. The van der Waals surface area contributed by atoms with Gasteiger partial charge in [-0.3, -0.25) is 0 Å². The van der Waals surface area contributed by atoms with Crippen LogP contribution in [0.2, 0.25) is 13.3 Å². The Labute approximate surface area is 110 Å². The zero-order chi connectivity index (χ0) is 10.6. The van der Waals surface area contributed by atoms with Gasteiger partial charge in [-0.15, -0.1) is 0 Å². The summed E-state index contributed by atoms with van der Waals surface area (Å²) in [6.07, 6.45) is 5.71. The molecule has 3 heteroatoms. The summed E-state index contributed by atoms with van der Waals surface area (Å²) in [5.41, 5.74) is 0. The van der Waals surface area contributed by atoms with E-state index in [4.69, 9.17) is 4.74 Å². The summed E-state index contributed by atoms with van der Waals surface area (Å²) >= 11 is -0.985. The second-order valence-corrected chi connectivity index (χ2v) is 12.5. The van der Waals surface area contributed by atoms with Crippen molar-refractivity contribution in [1.29, 1.82) is 0 Å². The Kier molecular flexibility index (Phi) is 18.5. The molecule has 0 N–H and O–H groups in total. The molecule has 0 aromatic carbocycles. The van der Waals surface area contributed by atoms with Crippen LogP contribution in [0.1, 0.15) is 46.5 Å². The fourth-order valence-electron chi connectivity index (χ4n) is 1.59. The quantitative estimate of drug-likeness (QED) is 0.427. The van der Waals surface area contributed by atoms with Gasteiger partial charge in [0.05, 0.1) is 0 Å². The van der Waals surface area contributed by atoms with Crippen molar-refractivity contribution in [2.75, 3.05) is 13.2 Å². The number of halogens is 1. The summed E-state index contributed by atoms with van der Waals surface area (Å²) in [5.74, 6) is 0. The topological polar surface area (TPSA) is 9.23 Å². The maximum absolute atomic E-state index is 5.47. The third-order valence-electron chi connectivity index (χ3n) is 2.57. The predicted octanol–water partition coefficient (Wildman–Crippen LogP) is 1.12. The zero-order valence-corrected chi connectivity index (χ0v) is 14.3. The van der Waals surface area contributed by atoms with Gasteiger partial charge in [0.15, 0.2) is 0 Å². The van der Waals surface area contributed by atoms with Gasteiger partial charge in [0.1, 0.15) is 0 Å². The molecular weight excluding hydrogens is 314 g/mol. The second-order valence-electron chi connectivity index (χ2n) is 3.90. The van der Waals surface area contributed by atoms with Gasteiger partial charge in [0.2, 0.25) is 0 Å². The molecule has 0 aliphatic carbocycles. The molecule has 0 aromatic rings. The van der Waals surface area contributed by atoms with Crippen molar-refractivity contribution in [1.82, 2.24) is 0 Å². The summed E-state index contributed by atoms with van der Waals surface area (Å²) in [6, 6.07) is 0. The van der Waals surface area contributed by atoms with Crippen molar-refractivity contribution in [3.8, 4) is 0 Å². The van der Waals surface area contributed by atoms with E-state index >= 15 is 0 Å². The van der Waals surface area contributed by atoms with Gasteiger partial charge in [0.25, 0.3) is 0 Å². The minimum absolute atomic E-state index is 0. The minimum Gasteiger partial charge on any atom is -1.00 e. The van der Waals surface area contributed by atoms with Crippen molar-refractivity contribution in [3.63, 3.8) is 0 Å². The molecule has 0 aromatic heterocycles. The first-order valence-electron chi connectivity index (χ1n) is 6.26. The molecule has 0 radical (unpaired) electrons. The molecule has 15 heavy (non-hydrogen) atoms. The molecule has 0 heterocycles. The van der Waals surface area contributed by atoms with Crippen LogP contribution in [0.3, 0.4) is 0 Å². The monoisotopic (exact) mass is 342 g/mol. The van der Waals surface area contributed by atoms with Crippen LogP contribution in [0.25, 0.3) is 0 Å². The molecule has 92 valence electrons. The molecule has 0 atom stereocenters. The number of ether oxygens (including phenoxy) is 1. The third kappa shape index (κ3) is 13.0. The Balaban J connectivity index is 0. The summed E-state index contributed by atoms with van der Waals surface area (Å²) in [7, 11) is 0. The van der Waals surface area contributed by atoms with E-state index in [-0.39, 0.29) is 12.4 Å². The zero-order valence-electron chi connectivity index (χ0n) is 10.7. The summed E-state index contributed by atoms with van der Waals surface area (Å²) < 4.78 is 10.1. The van der Waals surface area contributed by atoms with Crippen LogP contribution in [0, 0.1) is 0 Å². The van der Waals surface area contributed by atoms with E-state index in [1.807, 2.05) is 0 Å². The SMILES string of the molecule is CCC[CH2][Sn+]([CH2]CCC)[CH2]COCC.[Cl-]. The first-order valence-corrected chi connectivity index (χ1v) is 12.3. The van der Waals surface area contributed by atoms with E-state index in [0.717, 1.165) is 13.2 Å². The molecule has 0 bridgehead atoms. The van der Waals surface area contributed by atoms with Crippen LogP contribution in [0.15, 0.2) is 0 Å². The largest absolute Gasteiger partial charge is 1.00 e. The van der Waals surface area contributed by atoms with E-state index < -0.39 is 19.8 Å². The van der Waals surface area contributed by atoms with Crippen LogP contribution >= 0.6 is 0 Å². The van der Waals surface area contributed by atoms with E-state index in [1.165, 1.54) is 30.1 Å². The third-order valence-corrected chi connectivity index (χ3v) is 11.2. The van der Waals surface area contributed by atoms with Crippen molar-refractivity contribution in [2.24, 2.45) is 0 Å². The Morgan fingerprint density at radius 3 is 1.80 bits per heavy atom. The normalized spacial score (nSPS) is 9.80. The molecule has 0 fully saturated rings. The molecule has 0 saturated heterocycles. The molecule has 0 saturated carbocycles. The van der Waals surface area contributed by atoms with Crippen molar-refractivity contribution in [2.45, 2.75) is 59.8 Å². The maximum Gasteiger partial charge on any atom is -1.00 e. The fourth-order valence-corrected chi connectivity index (χ4v) is 9.84. The molecule has 0 rings (SSSR count). The number of rotatable bonds is 10. The van der Waals surface area contributed by atoms with Gasteiger partial charge in [-0.25, -0.2) is 0 Å². The van der Waals surface area contributed by atoms with E-state index in [9.17, 15) is 0 Å². The van der Waals surface area contributed by atoms with Crippen molar-refractivity contribution in [3.05, 3.63) is 0 Å². The standard InChI is InChI=1S/C4H9O.2C4H9.ClH.Sn/c1-3-5-4-2;2*1-3-4-2;;/h1,3-4H2,2H3;2*1,3-4H2,2H3;1H;/q;;;;+1/p-1. The number of unbranched alkanes of at least 4 members (excludes halogenated alkanes) is 2. The average Bonchev–Trinajstić information content (AvgIpc) is 2.21. The molecule has 0 spiro atoms. The Morgan fingerprint density at radius 2 is 1.40 bits per heavy atom. The van der Waals surface area contributed by atoms with Crippen LogP contribution in [-0.2, 0) is 4.74 Å². The van der Waals surface area contributed by atoms with Gasteiger partial charge >= 0.3 is 97.5 Å². The fraction of sp³-hybridized carbons (Fsp3) is 1.00. The molecule has 0 unspecified atom stereocenters. The van der Waals surface area contributed by atoms with Crippen LogP contribution in [0.4, 0.5) is 0 Å². The van der Waals surface area contributed by atoms with Gasteiger partial charge in [-0.2, -0.15) is 0 Å². The van der Waals surface area contributed by atoms with Crippen LogP contribution in [-0.4, -0.2) is 33.0 Å². The first kappa shape index (κ1) is 18.4. The Bertz CT molecular complexity index is 104. The number of hydrogen-bond donors (Lipinski definition) is 0. The predicted molar refractivity (Wildman–Crippen MR) is 66.5 cm³/mol. The smallest absolute Gasteiger partial charge is 1.00 e. The van der Waals surface area contributed by atoms with E-state index in [2.05, 4.69) is 20.8 Å². The molecule has 1 nitrogen and oxygen atoms in total. The van der Waals surface area contributed by atoms with E-state index in [0.29, 0.717) is 0 Å². The molecule has 0 aliphatic heterocycles. The van der Waals surface area contributed by atoms with Gasteiger partial charge in [0, 0.05) is 0 Å². The summed E-state index contributed by atoms with van der Waals surface area (Å²) in [4.78, 5) is 0. The maximum atomic E-state index is 5.47. The minimum atomic E-state index is -0.985. The van der Waals surface area contributed by atoms with Gasteiger partial charge in [-0.1, -0.05) is 0 Å². The van der Waals surface area contributed by atoms with Crippen molar-refractivity contribution >= 4 is 19.8 Å².